The first-order chi connectivity index (χ1) is 15.6. The summed E-state index contributed by atoms with van der Waals surface area (Å²) in [7, 11) is 0. The molecule has 168 valence electrons. The molecule has 3 heterocycles. The van der Waals surface area contributed by atoms with Crippen molar-refractivity contribution in [2.45, 2.75) is 45.3 Å². The molecule has 1 aromatic carbocycles. The van der Waals surface area contributed by atoms with Gasteiger partial charge in [0.05, 0.1) is 11.6 Å². The monoisotopic (exact) mass is 432 g/mol. The molecule has 0 radical (unpaired) electrons. The SMILES string of the molecule is CC(C)N1CCN(CC2CC2)CC1c1nnc2ccc(C(=O)NCc3ccccc3)cn12. The number of hydrogen-bond acceptors (Lipinski definition) is 5. The third-order valence-electron chi connectivity index (χ3n) is 6.67. The number of carbonyl (C=O) groups is 1. The first-order valence-corrected chi connectivity index (χ1v) is 11.7. The van der Waals surface area contributed by atoms with Gasteiger partial charge in [-0.2, -0.15) is 0 Å². The lowest BCUT2D eigenvalue weighted by Gasteiger charge is -2.42. The number of rotatable bonds is 7. The predicted octanol–water partition coefficient (Wildman–Crippen LogP) is 3.14. The van der Waals surface area contributed by atoms with E-state index >= 15 is 0 Å². The van der Waals surface area contributed by atoms with Crippen LogP contribution in [0.3, 0.4) is 0 Å². The fourth-order valence-corrected chi connectivity index (χ4v) is 4.68. The molecule has 2 aromatic heterocycles. The third kappa shape index (κ3) is 4.54. The van der Waals surface area contributed by atoms with Gasteiger partial charge in [-0.15, -0.1) is 10.2 Å². The fraction of sp³-hybridized carbons (Fsp3) is 0.480. The Bertz CT molecular complexity index is 1070. The Labute approximate surface area is 189 Å². The molecular formula is C25H32N6O. The number of benzene rings is 1. The number of aromatic nitrogens is 3. The molecule has 1 saturated carbocycles. The van der Waals surface area contributed by atoms with Crippen molar-refractivity contribution in [2.24, 2.45) is 5.92 Å². The quantitative estimate of drug-likeness (QED) is 0.621. The van der Waals surface area contributed by atoms with E-state index in [4.69, 9.17) is 0 Å². The lowest BCUT2D eigenvalue weighted by atomic mass is 10.1. The number of amides is 1. The molecule has 1 atom stereocenters. The lowest BCUT2D eigenvalue weighted by Crippen LogP contribution is -2.51. The second-order valence-corrected chi connectivity index (χ2v) is 9.42. The van der Waals surface area contributed by atoms with Crippen LogP contribution in [0.25, 0.3) is 5.65 Å². The van der Waals surface area contributed by atoms with Crippen LogP contribution in [0.4, 0.5) is 0 Å². The number of carbonyl (C=O) groups excluding carboxylic acids is 1. The molecule has 1 saturated heterocycles. The zero-order chi connectivity index (χ0) is 22.1. The van der Waals surface area contributed by atoms with Crippen LogP contribution < -0.4 is 5.32 Å². The second kappa shape index (κ2) is 9.00. The summed E-state index contributed by atoms with van der Waals surface area (Å²) in [5, 5.41) is 12.0. The molecule has 0 spiro atoms. The molecule has 32 heavy (non-hydrogen) atoms. The van der Waals surface area contributed by atoms with E-state index in [-0.39, 0.29) is 11.9 Å². The molecule has 1 aliphatic carbocycles. The molecular weight excluding hydrogens is 400 g/mol. The highest BCUT2D eigenvalue weighted by Gasteiger charge is 2.35. The van der Waals surface area contributed by atoms with E-state index in [2.05, 4.69) is 39.2 Å². The summed E-state index contributed by atoms with van der Waals surface area (Å²) in [5.74, 6) is 1.71. The number of nitrogens with one attached hydrogen (secondary N) is 1. The van der Waals surface area contributed by atoms with Gasteiger partial charge in [0.25, 0.3) is 5.91 Å². The summed E-state index contributed by atoms with van der Waals surface area (Å²) < 4.78 is 2.01. The number of pyridine rings is 1. The Kier molecular flexibility index (Phi) is 5.93. The van der Waals surface area contributed by atoms with Crippen molar-refractivity contribution < 1.29 is 4.79 Å². The molecule has 1 unspecified atom stereocenters. The maximum Gasteiger partial charge on any atom is 0.253 e. The molecule has 1 N–H and O–H groups in total. The zero-order valence-electron chi connectivity index (χ0n) is 18.9. The smallest absolute Gasteiger partial charge is 0.253 e. The first kappa shape index (κ1) is 21.1. The van der Waals surface area contributed by atoms with Crippen LogP contribution in [0.1, 0.15) is 54.5 Å². The van der Waals surface area contributed by atoms with Crippen molar-refractivity contribution in [1.29, 1.82) is 0 Å². The largest absolute Gasteiger partial charge is 0.348 e. The van der Waals surface area contributed by atoms with Gasteiger partial charge in [-0.1, -0.05) is 30.3 Å². The van der Waals surface area contributed by atoms with Crippen molar-refractivity contribution in [3.8, 4) is 0 Å². The van der Waals surface area contributed by atoms with E-state index in [0.717, 1.165) is 42.6 Å². The zero-order valence-corrected chi connectivity index (χ0v) is 18.9. The number of nitrogens with zero attached hydrogens (tertiary/aromatic N) is 5. The summed E-state index contributed by atoms with van der Waals surface area (Å²) in [5.41, 5.74) is 2.48. The normalized spacial score (nSPS) is 20.2. The number of fused-ring (bicyclic) bond motifs is 1. The Morgan fingerprint density at radius 2 is 1.91 bits per heavy atom. The highest BCUT2D eigenvalue weighted by atomic mass is 16.1. The average molecular weight is 433 g/mol. The summed E-state index contributed by atoms with van der Waals surface area (Å²) >= 11 is 0. The van der Waals surface area contributed by atoms with Crippen molar-refractivity contribution in [3.63, 3.8) is 0 Å². The fourth-order valence-electron chi connectivity index (χ4n) is 4.68. The van der Waals surface area contributed by atoms with Crippen LogP contribution in [-0.4, -0.2) is 62.5 Å². The number of hydrogen-bond donors (Lipinski definition) is 1. The van der Waals surface area contributed by atoms with Gasteiger partial charge in [-0.25, -0.2) is 0 Å². The van der Waals surface area contributed by atoms with Gasteiger partial charge in [0.15, 0.2) is 11.5 Å². The topological polar surface area (TPSA) is 65.8 Å². The van der Waals surface area contributed by atoms with Crippen molar-refractivity contribution in [2.75, 3.05) is 26.2 Å². The predicted molar refractivity (Wildman–Crippen MR) is 124 cm³/mol. The highest BCUT2D eigenvalue weighted by molar-refractivity contribution is 5.94. The van der Waals surface area contributed by atoms with Crippen LogP contribution in [0.2, 0.25) is 0 Å². The molecule has 5 rings (SSSR count). The minimum absolute atomic E-state index is 0.0878. The molecule has 2 aliphatic rings. The summed E-state index contributed by atoms with van der Waals surface area (Å²) in [6.07, 6.45) is 4.62. The maximum absolute atomic E-state index is 12.8. The van der Waals surface area contributed by atoms with Crippen molar-refractivity contribution in [1.82, 2.24) is 29.7 Å². The number of piperazine rings is 1. The minimum atomic E-state index is -0.0878. The van der Waals surface area contributed by atoms with Crippen LogP contribution in [0, 0.1) is 5.92 Å². The van der Waals surface area contributed by atoms with E-state index in [1.54, 1.807) is 0 Å². The Morgan fingerprint density at radius 1 is 1.09 bits per heavy atom. The maximum atomic E-state index is 12.8. The van der Waals surface area contributed by atoms with Crippen LogP contribution >= 0.6 is 0 Å². The molecule has 3 aromatic rings. The lowest BCUT2D eigenvalue weighted by molar-refractivity contribution is 0.0437. The first-order valence-electron chi connectivity index (χ1n) is 11.7. The molecule has 1 amide bonds. The van der Waals surface area contributed by atoms with Crippen LogP contribution in [0.5, 0.6) is 0 Å². The Balaban J connectivity index is 1.38. The van der Waals surface area contributed by atoms with Gasteiger partial charge in [-0.05, 0) is 50.3 Å². The molecule has 1 aliphatic heterocycles. The molecule has 2 fully saturated rings. The Morgan fingerprint density at radius 3 is 2.66 bits per heavy atom. The van der Waals surface area contributed by atoms with Gasteiger partial charge >= 0.3 is 0 Å². The van der Waals surface area contributed by atoms with Gasteiger partial charge in [0, 0.05) is 45.0 Å². The summed E-state index contributed by atoms with van der Waals surface area (Å²) in [6.45, 7) is 9.28. The Hall–Kier alpha value is -2.77. The van der Waals surface area contributed by atoms with E-state index < -0.39 is 0 Å². The highest BCUT2D eigenvalue weighted by Crippen LogP contribution is 2.33. The van der Waals surface area contributed by atoms with Gasteiger partial charge in [-0.3, -0.25) is 19.0 Å². The standard InChI is InChI=1S/C25H32N6O/c1-18(2)30-13-12-29(15-20-8-9-20)17-22(30)24-28-27-23-11-10-21(16-31(23)24)25(32)26-14-19-6-4-3-5-7-19/h3-7,10-11,16,18,20,22H,8-9,12-15,17H2,1-2H3,(H,26,32). The van der Waals surface area contributed by atoms with Crippen LogP contribution in [-0.2, 0) is 6.54 Å². The van der Waals surface area contributed by atoms with E-state index in [1.165, 1.54) is 19.4 Å². The van der Waals surface area contributed by atoms with E-state index in [9.17, 15) is 4.79 Å². The average Bonchev–Trinajstić information content (AvgIpc) is 3.52. The minimum Gasteiger partial charge on any atom is -0.348 e. The van der Waals surface area contributed by atoms with E-state index in [0.29, 0.717) is 18.2 Å². The van der Waals surface area contributed by atoms with E-state index in [1.807, 2.05) is 53.1 Å². The molecule has 7 heteroatoms. The van der Waals surface area contributed by atoms with Crippen molar-refractivity contribution in [3.05, 3.63) is 65.6 Å². The molecule has 7 nitrogen and oxygen atoms in total. The van der Waals surface area contributed by atoms with Crippen molar-refractivity contribution >= 4 is 11.6 Å². The summed E-state index contributed by atoms with van der Waals surface area (Å²) in [6, 6.07) is 14.3. The summed E-state index contributed by atoms with van der Waals surface area (Å²) in [4.78, 5) is 17.9. The third-order valence-corrected chi connectivity index (χ3v) is 6.67. The second-order valence-electron chi connectivity index (χ2n) is 9.42. The van der Waals surface area contributed by atoms with Gasteiger partial charge < -0.3 is 5.32 Å². The molecule has 0 bridgehead atoms. The van der Waals surface area contributed by atoms with Gasteiger partial charge in [0.2, 0.25) is 0 Å². The van der Waals surface area contributed by atoms with Gasteiger partial charge in [0.1, 0.15) is 0 Å². The van der Waals surface area contributed by atoms with Crippen LogP contribution in [0.15, 0.2) is 48.7 Å².